The molecule has 3 aromatic rings. The van der Waals surface area contributed by atoms with Crippen molar-refractivity contribution < 1.29 is 22.4 Å². The van der Waals surface area contributed by atoms with E-state index in [-0.39, 0.29) is 18.0 Å². The number of halogens is 4. The van der Waals surface area contributed by atoms with Crippen LogP contribution in [0.3, 0.4) is 0 Å². The fraction of sp³-hybridized carbons (Fsp3) is 0.292. The monoisotopic (exact) mass is 447 g/mol. The molecule has 0 aliphatic carbocycles. The van der Waals surface area contributed by atoms with Crippen molar-refractivity contribution in [2.24, 2.45) is 0 Å². The average Bonchev–Trinajstić information content (AvgIpc) is 3.17. The van der Waals surface area contributed by atoms with Gasteiger partial charge in [0.15, 0.2) is 0 Å². The number of unbranched alkanes of at least 4 members (excludes halogenated alkanes) is 1. The molecule has 0 unspecified atom stereocenters. The number of rotatable bonds is 8. The number of amides is 2. The van der Waals surface area contributed by atoms with Gasteiger partial charge in [0.1, 0.15) is 5.82 Å². The van der Waals surface area contributed by atoms with Crippen LogP contribution in [0.5, 0.6) is 0 Å². The second kappa shape index (κ2) is 10.3. The van der Waals surface area contributed by atoms with Crippen LogP contribution in [0.1, 0.15) is 36.6 Å². The molecule has 8 heteroatoms. The molecule has 32 heavy (non-hydrogen) atoms. The fourth-order valence-electron chi connectivity index (χ4n) is 3.41. The van der Waals surface area contributed by atoms with Crippen LogP contribution in [0.2, 0.25) is 0 Å². The lowest BCUT2D eigenvalue weighted by Gasteiger charge is -2.25. The van der Waals surface area contributed by atoms with Gasteiger partial charge in [-0.1, -0.05) is 37.6 Å². The zero-order valence-electron chi connectivity index (χ0n) is 17.7. The second-order valence-corrected chi connectivity index (χ2v) is 7.51. The van der Waals surface area contributed by atoms with Crippen LogP contribution in [0, 0.1) is 5.82 Å². The summed E-state index contributed by atoms with van der Waals surface area (Å²) in [5, 5.41) is 2.42. The Kier molecular flexibility index (Phi) is 7.56. The molecule has 2 amide bonds. The second-order valence-electron chi connectivity index (χ2n) is 7.51. The van der Waals surface area contributed by atoms with E-state index in [1.165, 1.54) is 35.2 Å². The minimum absolute atomic E-state index is 0.211. The van der Waals surface area contributed by atoms with E-state index in [9.17, 15) is 22.4 Å². The number of alkyl halides is 3. The van der Waals surface area contributed by atoms with Crippen LogP contribution in [-0.2, 0) is 19.3 Å². The third-order valence-corrected chi connectivity index (χ3v) is 5.06. The Bertz CT molecular complexity index is 1050. The molecule has 0 fully saturated rings. The number of hydrogen-bond acceptors (Lipinski definition) is 1. The Balaban J connectivity index is 1.78. The van der Waals surface area contributed by atoms with Crippen molar-refractivity contribution in [2.45, 2.75) is 39.0 Å². The molecule has 170 valence electrons. The van der Waals surface area contributed by atoms with Crippen molar-refractivity contribution in [3.05, 3.63) is 89.5 Å². The van der Waals surface area contributed by atoms with Crippen LogP contribution in [0.25, 0.3) is 0 Å². The van der Waals surface area contributed by atoms with Gasteiger partial charge >= 0.3 is 12.2 Å². The lowest BCUT2D eigenvalue weighted by atomic mass is 10.1. The van der Waals surface area contributed by atoms with Crippen LogP contribution in [-0.4, -0.2) is 22.0 Å². The molecule has 0 saturated heterocycles. The number of carbonyl (C=O) groups is 1. The zero-order valence-corrected chi connectivity index (χ0v) is 17.7. The average molecular weight is 447 g/mol. The summed E-state index contributed by atoms with van der Waals surface area (Å²) in [6.45, 7) is 2.99. The number of nitrogens with zero attached hydrogens (tertiary/aromatic N) is 2. The van der Waals surface area contributed by atoms with E-state index in [4.69, 9.17) is 0 Å². The number of nitrogens with one attached hydrogen (secondary N) is 1. The summed E-state index contributed by atoms with van der Waals surface area (Å²) < 4.78 is 55.3. The predicted molar refractivity (Wildman–Crippen MR) is 116 cm³/mol. The van der Waals surface area contributed by atoms with E-state index in [2.05, 4.69) is 5.32 Å². The Labute approximate surface area is 184 Å². The first-order valence-corrected chi connectivity index (χ1v) is 10.4. The molecule has 0 spiro atoms. The molecule has 0 aliphatic heterocycles. The van der Waals surface area contributed by atoms with E-state index in [1.54, 1.807) is 6.07 Å². The van der Waals surface area contributed by atoms with Gasteiger partial charge in [-0.2, -0.15) is 13.2 Å². The number of para-hydroxylation sites is 1. The van der Waals surface area contributed by atoms with Gasteiger partial charge in [0.2, 0.25) is 0 Å². The Hall–Kier alpha value is -3.29. The Morgan fingerprint density at radius 1 is 1.06 bits per heavy atom. The van der Waals surface area contributed by atoms with Crippen molar-refractivity contribution in [3.63, 3.8) is 0 Å². The number of hydrogen-bond donors (Lipinski definition) is 1. The number of benzene rings is 2. The number of aromatic nitrogens is 1. The molecule has 3 rings (SSSR count). The highest BCUT2D eigenvalue weighted by molar-refractivity contribution is 5.90. The quantitative estimate of drug-likeness (QED) is 0.392. The third kappa shape index (κ3) is 6.12. The first kappa shape index (κ1) is 23.4. The van der Waals surface area contributed by atoms with Crippen LogP contribution in [0.15, 0.2) is 66.9 Å². The molecule has 0 saturated carbocycles. The first-order chi connectivity index (χ1) is 15.3. The summed E-state index contributed by atoms with van der Waals surface area (Å²) in [7, 11) is 0. The molecule has 0 aliphatic rings. The van der Waals surface area contributed by atoms with E-state index in [1.807, 2.05) is 35.9 Å². The summed E-state index contributed by atoms with van der Waals surface area (Å²) in [6.07, 6.45) is -1.21. The lowest BCUT2D eigenvalue weighted by Crippen LogP contribution is -2.36. The summed E-state index contributed by atoms with van der Waals surface area (Å²) in [4.78, 5) is 14.4. The molecule has 0 radical (unpaired) electrons. The van der Waals surface area contributed by atoms with Gasteiger partial charge in [-0.25, -0.2) is 9.18 Å². The van der Waals surface area contributed by atoms with Crippen LogP contribution < -0.4 is 5.32 Å². The van der Waals surface area contributed by atoms with Gasteiger partial charge in [-0.15, -0.1) is 0 Å². The van der Waals surface area contributed by atoms with E-state index in [0.29, 0.717) is 19.5 Å². The Morgan fingerprint density at radius 2 is 1.84 bits per heavy atom. The van der Waals surface area contributed by atoms with Gasteiger partial charge in [0.25, 0.3) is 0 Å². The molecule has 1 N–H and O–H groups in total. The SMILES string of the molecule is CCCCN(Cc1cccn1Cc1cccc(F)c1)C(=O)Nc1ccccc1C(F)(F)F. The van der Waals surface area contributed by atoms with Crippen molar-refractivity contribution >= 4 is 11.7 Å². The van der Waals surface area contributed by atoms with E-state index in [0.717, 1.165) is 23.7 Å². The largest absolute Gasteiger partial charge is 0.418 e. The maximum absolute atomic E-state index is 13.5. The lowest BCUT2D eigenvalue weighted by molar-refractivity contribution is -0.136. The predicted octanol–water partition coefficient (Wildman–Crippen LogP) is 6.53. The van der Waals surface area contributed by atoms with Crippen LogP contribution >= 0.6 is 0 Å². The molecular weight excluding hydrogens is 422 g/mol. The smallest absolute Gasteiger partial charge is 0.345 e. The standard InChI is InChI=1S/C24H25F4N3O/c1-2-3-13-31(23(32)29-22-12-5-4-11-21(22)24(26,27)28)17-20-10-7-14-30(20)16-18-8-6-9-19(25)15-18/h4-12,14-15H,2-3,13,16-17H2,1H3,(H,29,32). The van der Waals surface area contributed by atoms with Gasteiger partial charge in [-0.05, 0) is 48.4 Å². The molecule has 1 heterocycles. The Morgan fingerprint density at radius 3 is 2.56 bits per heavy atom. The third-order valence-electron chi connectivity index (χ3n) is 5.06. The van der Waals surface area contributed by atoms with Gasteiger partial charge in [-0.3, -0.25) is 0 Å². The van der Waals surface area contributed by atoms with Gasteiger partial charge in [0.05, 0.1) is 17.8 Å². The zero-order chi connectivity index (χ0) is 23.1. The van der Waals surface area contributed by atoms with Crippen molar-refractivity contribution in [2.75, 3.05) is 11.9 Å². The summed E-state index contributed by atoms with van der Waals surface area (Å²) in [6, 6.07) is 14.2. The van der Waals surface area contributed by atoms with Crippen molar-refractivity contribution in [1.29, 1.82) is 0 Å². The van der Waals surface area contributed by atoms with Crippen molar-refractivity contribution in [3.8, 4) is 0 Å². The topological polar surface area (TPSA) is 37.3 Å². The molecule has 1 aromatic heterocycles. The van der Waals surface area contributed by atoms with Gasteiger partial charge < -0.3 is 14.8 Å². The number of carbonyl (C=O) groups excluding carboxylic acids is 1. The molecule has 0 bridgehead atoms. The van der Waals surface area contributed by atoms with E-state index >= 15 is 0 Å². The molecule has 2 aromatic carbocycles. The molecular formula is C24H25F4N3O. The first-order valence-electron chi connectivity index (χ1n) is 10.4. The normalized spacial score (nSPS) is 11.4. The van der Waals surface area contributed by atoms with Crippen LogP contribution in [0.4, 0.5) is 28.0 Å². The summed E-state index contributed by atoms with van der Waals surface area (Å²) in [5.41, 5.74) is 0.399. The maximum atomic E-state index is 13.5. The number of urea groups is 1. The highest BCUT2D eigenvalue weighted by atomic mass is 19.4. The molecule has 4 nitrogen and oxygen atoms in total. The van der Waals surface area contributed by atoms with Gasteiger partial charge in [0, 0.05) is 25.0 Å². The summed E-state index contributed by atoms with van der Waals surface area (Å²) >= 11 is 0. The number of anilines is 1. The fourth-order valence-corrected chi connectivity index (χ4v) is 3.41. The maximum Gasteiger partial charge on any atom is 0.418 e. The minimum atomic E-state index is -4.57. The van der Waals surface area contributed by atoms with E-state index < -0.39 is 17.8 Å². The summed E-state index contributed by atoms with van der Waals surface area (Å²) in [5.74, 6) is -0.330. The highest BCUT2D eigenvalue weighted by Gasteiger charge is 2.34. The van der Waals surface area contributed by atoms with Crippen molar-refractivity contribution in [1.82, 2.24) is 9.47 Å². The highest BCUT2D eigenvalue weighted by Crippen LogP contribution is 2.34. The minimum Gasteiger partial charge on any atom is -0.345 e. The molecule has 0 atom stereocenters.